The van der Waals surface area contributed by atoms with Crippen molar-refractivity contribution in [3.8, 4) is 0 Å². The third-order valence-electron chi connectivity index (χ3n) is 3.34. The molecule has 0 aliphatic rings. The van der Waals surface area contributed by atoms with E-state index in [1.807, 2.05) is 31.2 Å². The van der Waals surface area contributed by atoms with Crippen LogP contribution in [0.15, 0.2) is 24.3 Å². The smallest absolute Gasteiger partial charge is 0.233 e. The van der Waals surface area contributed by atoms with Crippen LogP contribution in [0.5, 0.6) is 0 Å². The number of benzene rings is 1. The van der Waals surface area contributed by atoms with Crippen LogP contribution < -0.4 is 10.6 Å². The van der Waals surface area contributed by atoms with Gasteiger partial charge >= 0.3 is 0 Å². The normalized spacial score (nSPS) is 12.0. The van der Waals surface area contributed by atoms with Gasteiger partial charge in [-0.2, -0.15) is 0 Å². The molecule has 0 fully saturated rings. The molecule has 4 nitrogen and oxygen atoms in total. The van der Waals surface area contributed by atoms with Gasteiger partial charge in [0.1, 0.15) is 0 Å². The summed E-state index contributed by atoms with van der Waals surface area (Å²) in [7, 11) is 0. The van der Waals surface area contributed by atoms with Crippen molar-refractivity contribution in [2.45, 2.75) is 50.8 Å². The fraction of sp³-hybridized carbons (Fsp3) is 0.529. The Hall–Kier alpha value is -1.36. The lowest BCUT2D eigenvalue weighted by atomic mass is 10.0. The van der Waals surface area contributed by atoms with Gasteiger partial charge < -0.3 is 10.6 Å². The van der Waals surface area contributed by atoms with Gasteiger partial charge in [0.25, 0.3) is 0 Å². The van der Waals surface area contributed by atoms with Crippen LogP contribution in [-0.4, -0.2) is 23.2 Å². The fourth-order valence-electron chi connectivity index (χ4n) is 1.97. The first-order valence-corrected chi connectivity index (χ1v) is 8.67. The maximum absolute atomic E-state index is 11.8. The van der Waals surface area contributed by atoms with Crippen LogP contribution >= 0.6 is 15.9 Å². The highest BCUT2D eigenvalue weighted by atomic mass is 79.9. The third kappa shape index (κ3) is 6.60. The molecule has 0 aliphatic carbocycles. The summed E-state index contributed by atoms with van der Waals surface area (Å²) in [5.74, 6) is 0.315. The van der Waals surface area contributed by atoms with Gasteiger partial charge in [0.15, 0.2) is 0 Å². The summed E-state index contributed by atoms with van der Waals surface area (Å²) in [6.07, 6.45) is 2.00. The fourth-order valence-corrected chi connectivity index (χ4v) is 2.59. The quantitative estimate of drug-likeness (QED) is 0.685. The molecule has 0 heterocycles. The molecule has 0 aromatic heterocycles. The number of carbonyl (C=O) groups excluding carboxylic acids is 2. The lowest BCUT2D eigenvalue weighted by molar-refractivity contribution is -0.120. The predicted octanol–water partition coefficient (Wildman–Crippen LogP) is 3.82. The van der Waals surface area contributed by atoms with E-state index in [4.69, 9.17) is 0 Å². The Kier molecular flexibility index (Phi) is 8.17. The summed E-state index contributed by atoms with van der Waals surface area (Å²) in [4.78, 5) is 23.3. The van der Waals surface area contributed by atoms with E-state index in [0.29, 0.717) is 12.5 Å². The topological polar surface area (TPSA) is 58.2 Å². The van der Waals surface area contributed by atoms with Crippen LogP contribution in [-0.2, 0) is 9.59 Å². The lowest BCUT2D eigenvalue weighted by Gasteiger charge is -2.10. The zero-order chi connectivity index (χ0) is 16.5. The van der Waals surface area contributed by atoms with Gasteiger partial charge in [0, 0.05) is 18.7 Å². The first-order valence-electron chi connectivity index (χ1n) is 7.75. The molecule has 0 saturated heterocycles. The number of halogens is 1. The maximum atomic E-state index is 11.8. The molecule has 0 radical (unpaired) electrons. The number of anilines is 1. The average molecular weight is 369 g/mol. The summed E-state index contributed by atoms with van der Waals surface area (Å²) in [6, 6.07) is 7.84. The van der Waals surface area contributed by atoms with Crippen molar-refractivity contribution in [1.82, 2.24) is 5.32 Å². The van der Waals surface area contributed by atoms with Gasteiger partial charge in [0.2, 0.25) is 11.8 Å². The molecule has 1 rings (SSSR count). The molecule has 2 N–H and O–H groups in total. The van der Waals surface area contributed by atoms with Crippen molar-refractivity contribution in [2.24, 2.45) is 0 Å². The monoisotopic (exact) mass is 368 g/mol. The highest BCUT2D eigenvalue weighted by Gasteiger charge is 2.13. The Morgan fingerprint density at radius 3 is 2.36 bits per heavy atom. The van der Waals surface area contributed by atoms with Crippen molar-refractivity contribution < 1.29 is 9.59 Å². The van der Waals surface area contributed by atoms with Crippen molar-refractivity contribution >= 4 is 33.4 Å². The molecule has 122 valence electrons. The summed E-state index contributed by atoms with van der Waals surface area (Å²) in [5, 5.41) is 5.60. The number of alkyl halides is 1. The number of rotatable bonds is 8. The highest BCUT2D eigenvalue weighted by Crippen LogP contribution is 2.17. The van der Waals surface area contributed by atoms with E-state index >= 15 is 0 Å². The van der Waals surface area contributed by atoms with Crippen LogP contribution in [0.2, 0.25) is 0 Å². The minimum atomic E-state index is -0.177. The number of nitrogens with one attached hydrogen (secondary N) is 2. The van der Waals surface area contributed by atoms with Crippen molar-refractivity contribution in [3.05, 3.63) is 29.8 Å². The third-order valence-corrected chi connectivity index (χ3v) is 4.21. The Bertz CT molecular complexity index is 486. The van der Waals surface area contributed by atoms with E-state index < -0.39 is 0 Å². The number of hydrogen-bond donors (Lipinski definition) is 2. The molecule has 5 heteroatoms. The average Bonchev–Trinajstić information content (AvgIpc) is 2.47. The SMILES string of the molecule is CCC[C@@H](Br)C(=O)NCCC(=O)Nc1ccc(C(C)C)cc1. The largest absolute Gasteiger partial charge is 0.355 e. The van der Waals surface area contributed by atoms with Gasteiger partial charge in [-0.15, -0.1) is 0 Å². The van der Waals surface area contributed by atoms with Crippen LogP contribution in [0.25, 0.3) is 0 Å². The maximum Gasteiger partial charge on any atom is 0.233 e. The van der Waals surface area contributed by atoms with E-state index in [1.165, 1.54) is 5.56 Å². The minimum absolute atomic E-state index is 0.0593. The highest BCUT2D eigenvalue weighted by molar-refractivity contribution is 9.10. The van der Waals surface area contributed by atoms with E-state index in [9.17, 15) is 9.59 Å². The molecule has 2 amide bonds. The summed E-state index contributed by atoms with van der Waals surface area (Å²) >= 11 is 3.33. The molecule has 0 unspecified atom stereocenters. The van der Waals surface area contributed by atoms with E-state index in [2.05, 4.69) is 40.4 Å². The van der Waals surface area contributed by atoms with Gasteiger partial charge in [0.05, 0.1) is 4.83 Å². The van der Waals surface area contributed by atoms with Crippen molar-refractivity contribution in [1.29, 1.82) is 0 Å². The van der Waals surface area contributed by atoms with Gasteiger partial charge in [-0.1, -0.05) is 55.3 Å². The van der Waals surface area contributed by atoms with E-state index in [-0.39, 0.29) is 23.1 Å². The summed E-state index contributed by atoms with van der Waals surface area (Å²) in [6.45, 7) is 6.64. The standard InChI is InChI=1S/C17H25BrN2O2/c1-4-5-15(18)17(22)19-11-10-16(21)20-14-8-6-13(7-9-14)12(2)3/h6-9,12,15H,4-5,10-11H2,1-3H3,(H,19,22)(H,20,21)/t15-/m1/s1. The lowest BCUT2D eigenvalue weighted by Crippen LogP contribution is -2.33. The van der Waals surface area contributed by atoms with Crippen molar-refractivity contribution in [3.63, 3.8) is 0 Å². The number of amides is 2. The molecular formula is C17H25BrN2O2. The Morgan fingerprint density at radius 2 is 1.82 bits per heavy atom. The molecule has 0 aliphatic heterocycles. The van der Waals surface area contributed by atoms with Crippen LogP contribution in [0.4, 0.5) is 5.69 Å². The molecule has 0 spiro atoms. The van der Waals surface area contributed by atoms with Crippen LogP contribution in [0, 0.1) is 0 Å². The number of hydrogen-bond acceptors (Lipinski definition) is 2. The van der Waals surface area contributed by atoms with Gasteiger partial charge in [-0.05, 0) is 30.0 Å². The summed E-state index contributed by atoms with van der Waals surface area (Å²) < 4.78 is 0. The molecule has 0 bridgehead atoms. The van der Waals surface area contributed by atoms with Gasteiger partial charge in [-0.3, -0.25) is 9.59 Å². The Balaban J connectivity index is 2.33. The van der Waals surface area contributed by atoms with Crippen LogP contribution in [0.3, 0.4) is 0 Å². The van der Waals surface area contributed by atoms with E-state index in [1.54, 1.807) is 0 Å². The van der Waals surface area contributed by atoms with Crippen LogP contribution in [0.1, 0.15) is 51.5 Å². The molecular weight excluding hydrogens is 344 g/mol. The number of carbonyl (C=O) groups is 2. The van der Waals surface area contributed by atoms with Gasteiger partial charge in [-0.25, -0.2) is 0 Å². The first kappa shape index (κ1) is 18.7. The molecule has 22 heavy (non-hydrogen) atoms. The zero-order valence-corrected chi connectivity index (χ0v) is 15.1. The summed E-state index contributed by atoms with van der Waals surface area (Å²) in [5.41, 5.74) is 2.02. The second-order valence-electron chi connectivity index (χ2n) is 5.62. The molecule has 0 saturated carbocycles. The van der Waals surface area contributed by atoms with E-state index in [0.717, 1.165) is 18.5 Å². The Labute approximate surface area is 141 Å². The Morgan fingerprint density at radius 1 is 1.18 bits per heavy atom. The molecule has 1 atom stereocenters. The molecule has 1 aromatic rings. The predicted molar refractivity (Wildman–Crippen MR) is 94.4 cm³/mol. The zero-order valence-electron chi connectivity index (χ0n) is 13.5. The van der Waals surface area contributed by atoms with Crippen molar-refractivity contribution in [2.75, 3.05) is 11.9 Å². The second kappa shape index (κ2) is 9.62. The second-order valence-corrected chi connectivity index (χ2v) is 6.73. The minimum Gasteiger partial charge on any atom is -0.355 e. The molecule has 1 aromatic carbocycles. The first-order chi connectivity index (χ1) is 10.4.